The molecular weight excluding hydrogens is 445 g/mol. The Hall–Kier alpha value is -2.65. The summed E-state index contributed by atoms with van der Waals surface area (Å²) in [6.45, 7) is -3.16. The van der Waals surface area contributed by atoms with Gasteiger partial charge in [0.15, 0.2) is 28.9 Å². The van der Waals surface area contributed by atoms with E-state index in [2.05, 4.69) is 9.47 Å². The van der Waals surface area contributed by atoms with Gasteiger partial charge < -0.3 is 14.6 Å². The summed E-state index contributed by atoms with van der Waals surface area (Å²) in [6.07, 6.45) is -13.3. The number of alkyl halides is 6. The lowest BCUT2D eigenvalue weighted by atomic mass is 10.0. The second-order valence-electron chi connectivity index (χ2n) is 4.89. The average Bonchev–Trinajstić information content (AvgIpc) is 2.59. The summed E-state index contributed by atoms with van der Waals surface area (Å²) in [6, 6.07) is 0. The molecule has 0 bridgehead atoms. The minimum Gasteiger partial charge on any atom is -0.828 e. The number of rotatable bonds is 5. The fraction of sp³-hybridized carbons (Fsp3) is 0.385. The van der Waals surface area contributed by atoms with Gasteiger partial charge in [-0.2, -0.15) is 26.3 Å². The fourth-order valence-electron chi connectivity index (χ4n) is 1.62. The van der Waals surface area contributed by atoms with Crippen molar-refractivity contribution in [1.82, 2.24) is 0 Å². The average molecular weight is 449 g/mol. The van der Waals surface area contributed by atoms with E-state index in [-0.39, 0.29) is 0 Å². The van der Waals surface area contributed by atoms with E-state index in [1.165, 1.54) is 0 Å². The monoisotopic (exact) mass is 449 g/mol. The molecule has 0 aliphatic carbocycles. The summed E-state index contributed by atoms with van der Waals surface area (Å²) >= 11 is 0. The van der Waals surface area contributed by atoms with Gasteiger partial charge in [0.2, 0.25) is 5.82 Å². The zero-order chi connectivity index (χ0) is 22.9. The molecule has 5 nitrogen and oxygen atoms in total. The molecule has 0 aromatic heterocycles. The van der Waals surface area contributed by atoms with Crippen molar-refractivity contribution in [2.45, 2.75) is 18.0 Å². The molecule has 0 fully saturated rings. The first-order chi connectivity index (χ1) is 13.0. The first-order valence-corrected chi connectivity index (χ1v) is 6.68. The lowest BCUT2D eigenvalue weighted by molar-refractivity contribution is -0.574. The maximum Gasteiger partial charge on any atom is 0.399 e. The van der Waals surface area contributed by atoms with Crippen molar-refractivity contribution in [3.8, 4) is 0 Å². The second kappa shape index (κ2) is 8.00. The minimum atomic E-state index is -6.67. The highest BCUT2D eigenvalue weighted by molar-refractivity contribution is 5.90. The van der Waals surface area contributed by atoms with E-state index in [4.69, 9.17) is 0 Å². The molecule has 1 aromatic rings. The van der Waals surface area contributed by atoms with E-state index in [9.17, 15) is 63.0 Å². The first kappa shape index (κ1) is 24.4. The molecule has 0 aliphatic rings. The quantitative estimate of drug-likeness (QED) is 0.227. The number of hydrogen-bond donors (Lipinski definition) is 0. The number of benzene rings is 1. The second-order valence-corrected chi connectivity index (χ2v) is 4.89. The van der Waals surface area contributed by atoms with Crippen molar-refractivity contribution in [3.05, 3.63) is 34.6 Å². The van der Waals surface area contributed by atoms with Gasteiger partial charge in [0.05, 0.1) is 0 Å². The number of halogens is 11. The highest BCUT2D eigenvalue weighted by Gasteiger charge is 2.68. The largest absolute Gasteiger partial charge is 0.828 e. The molecule has 29 heavy (non-hydrogen) atoms. The van der Waals surface area contributed by atoms with E-state index in [1.807, 2.05) is 0 Å². The summed E-state index contributed by atoms with van der Waals surface area (Å²) < 4.78 is 146. The molecule has 0 radical (unpaired) electrons. The van der Waals surface area contributed by atoms with Crippen LogP contribution >= 0.6 is 0 Å². The van der Waals surface area contributed by atoms with Crippen LogP contribution in [-0.2, 0) is 14.3 Å². The standard InChI is InChI=1S/C13H4F11O5/c14-4-3(5(15)7(17)8(18)6(4)16)9(25)28-1-2-29-10(26)11(27,12(19,20)21)13(22,23)24/h1-2H2/q-1. The van der Waals surface area contributed by atoms with Gasteiger partial charge in [-0.15, -0.1) is 0 Å². The van der Waals surface area contributed by atoms with Crippen molar-refractivity contribution < 1.29 is 72.5 Å². The minimum absolute atomic E-state index is 1.50. The smallest absolute Gasteiger partial charge is 0.399 e. The normalized spacial score (nSPS) is 12.7. The molecular formula is C13H4F11O5-. The van der Waals surface area contributed by atoms with Gasteiger partial charge in [-0.3, -0.25) is 4.79 Å². The zero-order valence-electron chi connectivity index (χ0n) is 13.1. The van der Waals surface area contributed by atoms with Crippen LogP contribution in [0.15, 0.2) is 0 Å². The Morgan fingerprint density at radius 3 is 1.41 bits per heavy atom. The van der Waals surface area contributed by atoms with Crippen molar-refractivity contribution in [2.75, 3.05) is 13.2 Å². The van der Waals surface area contributed by atoms with Crippen LogP contribution in [0, 0.1) is 29.1 Å². The Morgan fingerprint density at radius 2 is 1.03 bits per heavy atom. The molecule has 0 aliphatic heterocycles. The summed E-state index contributed by atoms with van der Waals surface area (Å²) in [7, 11) is 0. The van der Waals surface area contributed by atoms with E-state index in [0.29, 0.717) is 0 Å². The fourth-order valence-corrected chi connectivity index (χ4v) is 1.62. The predicted octanol–water partition coefficient (Wildman–Crippen LogP) is 2.31. The van der Waals surface area contributed by atoms with Gasteiger partial charge in [0.1, 0.15) is 18.8 Å². The van der Waals surface area contributed by atoms with Crippen LogP contribution in [0.3, 0.4) is 0 Å². The summed E-state index contributed by atoms with van der Waals surface area (Å²) in [5.74, 6) is -18.7. The van der Waals surface area contributed by atoms with Gasteiger partial charge in [0, 0.05) is 0 Å². The Balaban J connectivity index is 2.86. The maximum atomic E-state index is 13.3. The predicted molar refractivity (Wildman–Crippen MR) is 62.3 cm³/mol. The molecule has 0 atom stereocenters. The molecule has 1 aromatic carbocycles. The zero-order valence-corrected chi connectivity index (χ0v) is 13.1. The number of carbonyl (C=O) groups is 2. The molecule has 0 unspecified atom stereocenters. The lowest BCUT2D eigenvalue weighted by Gasteiger charge is -2.40. The Morgan fingerprint density at radius 1 is 0.690 bits per heavy atom. The van der Waals surface area contributed by atoms with E-state index >= 15 is 0 Å². The number of ether oxygens (including phenoxy) is 2. The van der Waals surface area contributed by atoms with Crippen molar-refractivity contribution in [3.63, 3.8) is 0 Å². The topological polar surface area (TPSA) is 75.7 Å². The molecule has 0 saturated heterocycles. The molecule has 16 heteroatoms. The molecule has 1 rings (SSSR count). The van der Waals surface area contributed by atoms with Crippen molar-refractivity contribution in [1.29, 1.82) is 0 Å². The third kappa shape index (κ3) is 4.35. The lowest BCUT2D eigenvalue weighted by Crippen LogP contribution is -2.71. The number of carbonyl (C=O) groups excluding carboxylic acids is 2. The van der Waals surface area contributed by atoms with Crippen LogP contribution in [-0.4, -0.2) is 43.1 Å². The molecule has 164 valence electrons. The van der Waals surface area contributed by atoms with Gasteiger partial charge in [-0.25, -0.2) is 26.7 Å². The van der Waals surface area contributed by atoms with Crippen LogP contribution < -0.4 is 5.11 Å². The van der Waals surface area contributed by atoms with E-state index in [0.717, 1.165) is 0 Å². The molecule has 0 spiro atoms. The van der Waals surface area contributed by atoms with Gasteiger partial charge in [0.25, 0.3) is 0 Å². The first-order valence-electron chi connectivity index (χ1n) is 6.68. The van der Waals surface area contributed by atoms with Crippen LogP contribution in [0.1, 0.15) is 10.4 Å². The van der Waals surface area contributed by atoms with Crippen molar-refractivity contribution >= 4 is 11.9 Å². The Labute approximate surface area is 151 Å². The van der Waals surface area contributed by atoms with E-state index in [1.54, 1.807) is 0 Å². The van der Waals surface area contributed by atoms with Crippen LogP contribution in [0.25, 0.3) is 0 Å². The van der Waals surface area contributed by atoms with Crippen LogP contribution in [0.5, 0.6) is 0 Å². The molecule has 0 amide bonds. The molecule has 0 heterocycles. The summed E-state index contributed by atoms with van der Waals surface area (Å²) in [4.78, 5) is 22.3. The number of hydrogen-bond acceptors (Lipinski definition) is 5. The van der Waals surface area contributed by atoms with Gasteiger partial charge in [-0.05, 0) is 0 Å². The van der Waals surface area contributed by atoms with Crippen LogP contribution in [0.4, 0.5) is 48.3 Å². The summed E-state index contributed by atoms with van der Waals surface area (Å²) in [5.41, 5.74) is -8.32. The van der Waals surface area contributed by atoms with Gasteiger partial charge in [-0.1, -0.05) is 0 Å². The highest BCUT2D eigenvalue weighted by Crippen LogP contribution is 2.41. The Bertz CT molecular complexity index is 772. The maximum absolute atomic E-state index is 13.3. The SMILES string of the molecule is O=C(OCCOC(=O)C([O-])(C(F)(F)F)C(F)(F)F)c1c(F)c(F)c(F)c(F)c1F. The van der Waals surface area contributed by atoms with Crippen LogP contribution in [0.2, 0.25) is 0 Å². The third-order valence-electron chi connectivity index (χ3n) is 3.05. The number of esters is 2. The molecule has 0 N–H and O–H groups in total. The highest BCUT2D eigenvalue weighted by atomic mass is 19.4. The van der Waals surface area contributed by atoms with Crippen molar-refractivity contribution in [2.24, 2.45) is 0 Å². The molecule has 0 saturated carbocycles. The van der Waals surface area contributed by atoms with Gasteiger partial charge >= 0.3 is 24.3 Å². The van der Waals surface area contributed by atoms with E-state index < -0.39 is 77.8 Å². The third-order valence-corrected chi connectivity index (χ3v) is 3.05. The Kier molecular flexibility index (Phi) is 6.73. The summed E-state index contributed by atoms with van der Waals surface area (Å²) in [5, 5.41) is 10.9.